The zero-order valence-electron chi connectivity index (χ0n) is 15.1. The lowest BCUT2D eigenvalue weighted by Crippen LogP contribution is -2.11. The fourth-order valence-corrected chi connectivity index (χ4v) is 2.53. The second kappa shape index (κ2) is 8.43. The lowest BCUT2D eigenvalue weighted by atomic mass is 10.2. The van der Waals surface area contributed by atoms with Crippen molar-refractivity contribution in [3.8, 4) is 11.5 Å². The van der Waals surface area contributed by atoms with Gasteiger partial charge in [-0.25, -0.2) is 0 Å². The molecule has 2 aromatic carbocycles. The Labute approximate surface area is 152 Å². The minimum atomic E-state index is -0.301. The van der Waals surface area contributed by atoms with Crippen LogP contribution in [-0.2, 0) is 0 Å². The number of amides is 1. The molecule has 5 nitrogen and oxygen atoms in total. The van der Waals surface area contributed by atoms with Crippen LogP contribution in [-0.4, -0.2) is 19.1 Å². The molecule has 136 valence electrons. The Balaban J connectivity index is 1.78. The second-order valence-electron chi connectivity index (χ2n) is 5.96. The van der Waals surface area contributed by atoms with Crippen LogP contribution in [0.3, 0.4) is 0 Å². The fraction of sp³-hybridized carbons (Fsp3) is 0.286. The monoisotopic (exact) mass is 353 g/mol. The summed E-state index contributed by atoms with van der Waals surface area (Å²) in [5, 5.41) is 3.75. The first-order valence-corrected chi connectivity index (χ1v) is 8.90. The summed E-state index contributed by atoms with van der Waals surface area (Å²) in [6, 6.07) is 14.7. The quantitative estimate of drug-likeness (QED) is 0.600. The molecule has 3 rings (SSSR count). The highest BCUT2D eigenvalue weighted by Gasteiger charge is 2.14. The van der Waals surface area contributed by atoms with Gasteiger partial charge in [-0.05, 0) is 37.1 Å². The molecule has 0 aliphatic heterocycles. The van der Waals surface area contributed by atoms with Gasteiger partial charge in [-0.2, -0.15) is 0 Å². The molecule has 0 bridgehead atoms. The van der Waals surface area contributed by atoms with Crippen LogP contribution in [0.2, 0.25) is 0 Å². The summed E-state index contributed by atoms with van der Waals surface area (Å²) in [6.07, 6.45) is 1.81. The van der Waals surface area contributed by atoms with Gasteiger partial charge in [0.25, 0.3) is 5.91 Å². The van der Waals surface area contributed by atoms with Gasteiger partial charge in [0.05, 0.1) is 13.2 Å². The average Bonchev–Trinajstić information content (AvgIpc) is 3.10. The maximum absolute atomic E-state index is 12.5. The average molecular weight is 353 g/mol. The van der Waals surface area contributed by atoms with Crippen molar-refractivity contribution < 1.29 is 18.7 Å². The molecule has 1 amide bonds. The molecule has 1 N–H and O–H groups in total. The van der Waals surface area contributed by atoms with Gasteiger partial charge in [0.15, 0.2) is 17.3 Å². The number of hydrogen-bond acceptors (Lipinski definition) is 4. The molecular formula is C21H23NO4. The van der Waals surface area contributed by atoms with Crippen molar-refractivity contribution in [2.75, 3.05) is 18.5 Å². The Morgan fingerprint density at radius 2 is 1.69 bits per heavy atom. The number of carbonyl (C=O) groups is 1. The van der Waals surface area contributed by atoms with Crippen LogP contribution in [0.1, 0.15) is 37.2 Å². The number of benzene rings is 2. The number of ether oxygens (including phenoxy) is 2. The number of rotatable bonds is 8. The third-order valence-corrected chi connectivity index (χ3v) is 3.77. The summed E-state index contributed by atoms with van der Waals surface area (Å²) in [4.78, 5) is 12.5. The molecule has 0 unspecified atom stereocenters. The Bertz CT molecular complexity index is 852. The van der Waals surface area contributed by atoms with E-state index in [1.165, 1.54) is 0 Å². The molecule has 0 saturated carbocycles. The minimum Gasteiger partial charge on any atom is -0.490 e. The molecule has 0 atom stereocenters. The molecule has 3 aromatic rings. The van der Waals surface area contributed by atoms with E-state index >= 15 is 0 Å². The number of para-hydroxylation sites is 1. The highest BCUT2D eigenvalue weighted by atomic mass is 16.5. The highest BCUT2D eigenvalue weighted by Crippen LogP contribution is 2.31. The van der Waals surface area contributed by atoms with E-state index < -0.39 is 0 Å². The van der Waals surface area contributed by atoms with E-state index in [9.17, 15) is 4.79 Å². The van der Waals surface area contributed by atoms with Gasteiger partial charge in [-0.15, -0.1) is 0 Å². The highest BCUT2D eigenvalue weighted by molar-refractivity contribution is 6.04. The van der Waals surface area contributed by atoms with Crippen molar-refractivity contribution >= 4 is 22.6 Å². The molecule has 0 saturated heterocycles. The predicted octanol–water partition coefficient (Wildman–Crippen LogP) is 5.26. The van der Waals surface area contributed by atoms with Crippen LogP contribution in [0, 0.1) is 0 Å². The summed E-state index contributed by atoms with van der Waals surface area (Å²) < 4.78 is 17.1. The summed E-state index contributed by atoms with van der Waals surface area (Å²) in [5.74, 6) is 1.28. The van der Waals surface area contributed by atoms with E-state index in [-0.39, 0.29) is 11.7 Å². The molecule has 0 aliphatic carbocycles. The summed E-state index contributed by atoms with van der Waals surface area (Å²) in [5.41, 5.74) is 1.32. The number of fused-ring (bicyclic) bond motifs is 1. The third kappa shape index (κ3) is 4.17. The van der Waals surface area contributed by atoms with Crippen molar-refractivity contribution in [2.45, 2.75) is 26.7 Å². The Hall–Kier alpha value is -2.95. The van der Waals surface area contributed by atoms with Gasteiger partial charge < -0.3 is 19.2 Å². The molecule has 0 fully saturated rings. The van der Waals surface area contributed by atoms with Gasteiger partial charge in [0.1, 0.15) is 5.58 Å². The van der Waals surface area contributed by atoms with Crippen LogP contribution in [0.4, 0.5) is 5.69 Å². The van der Waals surface area contributed by atoms with Crippen molar-refractivity contribution in [2.24, 2.45) is 0 Å². The van der Waals surface area contributed by atoms with Gasteiger partial charge in [0, 0.05) is 17.1 Å². The first-order chi connectivity index (χ1) is 12.7. The molecule has 0 aliphatic rings. The van der Waals surface area contributed by atoms with E-state index in [0.717, 1.165) is 18.2 Å². The lowest BCUT2D eigenvalue weighted by molar-refractivity contribution is 0.0998. The van der Waals surface area contributed by atoms with Crippen LogP contribution >= 0.6 is 0 Å². The molecule has 1 heterocycles. The minimum absolute atomic E-state index is 0.272. The molecule has 0 spiro atoms. The number of carbonyl (C=O) groups excluding carboxylic acids is 1. The first kappa shape index (κ1) is 17.9. The maximum atomic E-state index is 12.5. The normalized spacial score (nSPS) is 10.7. The maximum Gasteiger partial charge on any atom is 0.291 e. The van der Waals surface area contributed by atoms with E-state index in [1.54, 1.807) is 18.2 Å². The third-order valence-electron chi connectivity index (χ3n) is 3.77. The number of furan rings is 1. The van der Waals surface area contributed by atoms with E-state index in [4.69, 9.17) is 13.9 Å². The number of nitrogens with one attached hydrogen (secondary N) is 1. The lowest BCUT2D eigenvalue weighted by Gasteiger charge is -2.13. The zero-order chi connectivity index (χ0) is 18.4. The Morgan fingerprint density at radius 3 is 2.42 bits per heavy atom. The van der Waals surface area contributed by atoms with E-state index in [0.29, 0.717) is 36.0 Å². The second-order valence-corrected chi connectivity index (χ2v) is 5.96. The fourth-order valence-electron chi connectivity index (χ4n) is 2.53. The Kier molecular flexibility index (Phi) is 5.79. The molecule has 5 heteroatoms. The van der Waals surface area contributed by atoms with Crippen molar-refractivity contribution in [3.05, 3.63) is 54.3 Å². The van der Waals surface area contributed by atoms with Crippen LogP contribution in [0.15, 0.2) is 52.9 Å². The zero-order valence-corrected chi connectivity index (χ0v) is 15.1. The van der Waals surface area contributed by atoms with Gasteiger partial charge >= 0.3 is 0 Å². The van der Waals surface area contributed by atoms with Gasteiger partial charge in [0.2, 0.25) is 0 Å². The first-order valence-electron chi connectivity index (χ1n) is 8.90. The van der Waals surface area contributed by atoms with Crippen LogP contribution in [0.25, 0.3) is 11.0 Å². The van der Waals surface area contributed by atoms with E-state index in [2.05, 4.69) is 12.2 Å². The summed E-state index contributed by atoms with van der Waals surface area (Å²) >= 11 is 0. The van der Waals surface area contributed by atoms with Gasteiger partial charge in [-0.3, -0.25) is 4.79 Å². The topological polar surface area (TPSA) is 60.7 Å². The predicted molar refractivity (Wildman–Crippen MR) is 102 cm³/mol. The Morgan fingerprint density at radius 1 is 0.962 bits per heavy atom. The molecule has 1 aromatic heterocycles. The largest absolute Gasteiger partial charge is 0.490 e. The smallest absolute Gasteiger partial charge is 0.291 e. The van der Waals surface area contributed by atoms with Crippen molar-refractivity contribution in [1.82, 2.24) is 0 Å². The molecule has 0 radical (unpaired) electrons. The van der Waals surface area contributed by atoms with Crippen molar-refractivity contribution in [3.63, 3.8) is 0 Å². The van der Waals surface area contributed by atoms with Crippen molar-refractivity contribution in [1.29, 1.82) is 0 Å². The van der Waals surface area contributed by atoms with Gasteiger partial charge in [-0.1, -0.05) is 32.0 Å². The summed E-state index contributed by atoms with van der Waals surface area (Å²) in [7, 11) is 0. The van der Waals surface area contributed by atoms with E-state index in [1.807, 2.05) is 37.3 Å². The summed E-state index contributed by atoms with van der Waals surface area (Å²) in [6.45, 7) is 5.30. The molecule has 26 heavy (non-hydrogen) atoms. The van der Waals surface area contributed by atoms with Crippen LogP contribution in [0.5, 0.6) is 11.5 Å². The number of anilines is 1. The standard InChI is InChI=1S/C21H23NO4/c1-3-11-24-18-10-9-16(14-19(18)25-12-4-2)22-21(23)20-13-15-7-5-6-8-17(15)26-20/h5-10,13-14H,3-4,11-12H2,1-2H3,(H,22,23). The molecular weight excluding hydrogens is 330 g/mol. The number of hydrogen-bond donors (Lipinski definition) is 1. The van der Waals surface area contributed by atoms with Crippen LogP contribution < -0.4 is 14.8 Å². The SMILES string of the molecule is CCCOc1ccc(NC(=O)c2cc3ccccc3o2)cc1OCCC.